The third kappa shape index (κ3) is 4.09. The quantitative estimate of drug-likeness (QED) is 0.391. The number of rotatable bonds is 6. The molecule has 2 aliphatic rings. The first-order valence-corrected chi connectivity index (χ1v) is 10.9. The van der Waals surface area contributed by atoms with Crippen molar-refractivity contribution in [2.45, 2.75) is 72.3 Å². The van der Waals surface area contributed by atoms with Crippen molar-refractivity contribution in [3.63, 3.8) is 0 Å². The van der Waals surface area contributed by atoms with Gasteiger partial charge in [0, 0.05) is 11.0 Å². The molecule has 0 aromatic carbocycles. The van der Waals surface area contributed by atoms with Crippen LogP contribution in [0.3, 0.4) is 0 Å². The van der Waals surface area contributed by atoms with E-state index >= 15 is 0 Å². The number of aryl methyl sites for hydroxylation is 1. The molecule has 160 valence electrons. The van der Waals surface area contributed by atoms with Gasteiger partial charge in [-0.05, 0) is 81.3 Å². The van der Waals surface area contributed by atoms with Crippen molar-refractivity contribution in [1.29, 1.82) is 0 Å². The maximum Gasteiger partial charge on any atom is 0.333 e. The molecule has 0 amide bonds. The number of furan rings is 1. The smallest absolute Gasteiger partial charge is 0.333 e. The van der Waals surface area contributed by atoms with E-state index in [2.05, 4.69) is 20.4 Å². The Morgan fingerprint density at radius 3 is 2.83 bits per heavy atom. The molecule has 0 aliphatic heterocycles. The molecule has 1 heterocycles. The van der Waals surface area contributed by atoms with Crippen LogP contribution in [0.5, 0.6) is 0 Å². The van der Waals surface area contributed by atoms with Crippen molar-refractivity contribution in [3.05, 3.63) is 48.0 Å². The molecular formula is C25H36O4. The van der Waals surface area contributed by atoms with E-state index in [0.29, 0.717) is 11.5 Å². The Morgan fingerprint density at radius 1 is 1.41 bits per heavy atom. The van der Waals surface area contributed by atoms with Gasteiger partial charge in [0.1, 0.15) is 0 Å². The zero-order valence-electron chi connectivity index (χ0n) is 18.4. The van der Waals surface area contributed by atoms with Crippen molar-refractivity contribution in [1.82, 2.24) is 0 Å². The summed E-state index contributed by atoms with van der Waals surface area (Å²) in [6.45, 7) is 12.8. The molecule has 1 aromatic rings. The van der Waals surface area contributed by atoms with Crippen LogP contribution in [0.2, 0.25) is 0 Å². The number of esters is 1. The molecule has 2 fully saturated rings. The number of hydrogen-bond acceptors (Lipinski definition) is 4. The Bertz CT molecular complexity index is 762. The molecule has 2 saturated carbocycles. The Morgan fingerprint density at radius 2 is 2.17 bits per heavy atom. The molecule has 0 unspecified atom stereocenters. The van der Waals surface area contributed by atoms with Crippen LogP contribution in [0, 0.1) is 22.7 Å². The van der Waals surface area contributed by atoms with E-state index in [9.17, 15) is 9.90 Å². The first-order chi connectivity index (χ1) is 13.7. The Labute approximate surface area is 175 Å². The van der Waals surface area contributed by atoms with Gasteiger partial charge in [-0.3, -0.25) is 0 Å². The third-order valence-electron chi connectivity index (χ3n) is 7.92. The van der Waals surface area contributed by atoms with Crippen molar-refractivity contribution in [2.24, 2.45) is 22.7 Å². The van der Waals surface area contributed by atoms with Crippen LogP contribution >= 0.6 is 0 Å². The summed E-state index contributed by atoms with van der Waals surface area (Å²) in [5.41, 5.74) is 2.77. The first-order valence-electron chi connectivity index (χ1n) is 10.9. The Kier molecular flexibility index (Phi) is 6.42. The van der Waals surface area contributed by atoms with E-state index in [1.807, 2.05) is 19.3 Å². The highest BCUT2D eigenvalue weighted by Gasteiger charge is 2.58. The second-order valence-corrected chi connectivity index (χ2v) is 9.59. The molecule has 5 atom stereocenters. The van der Waals surface area contributed by atoms with E-state index in [1.165, 1.54) is 11.1 Å². The van der Waals surface area contributed by atoms with Gasteiger partial charge in [0.25, 0.3) is 0 Å². The fourth-order valence-electron chi connectivity index (χ4n) is 5.91. The Balaban J connectivity index is 1.81. The van der Waals surface area contributed by atoms with Crippen molar-refractivity contribution in [3.8, 4) is 0 Å². The number of allylic oxidation sites excluding steroid dienone is 2. The number of fused-ring (bicyclic) bond motifs is 1. The lowest BCUT2D eigenvalue weighted by Crippen LogP contribution is -2.57. The first kappa shape index (κ1) is 21.9. The van der Waals surface area contributed by atoms with E-state index in [4.69, 9.17) is 9.15 Å². The minimum Gasteiger partial charge on any atom is -0.472 e. The Hall–Kier alpha value is -1.81. The highest BCUT2D eigenvalue weighted by atomic mass is 16.5. The van der Waals surface area contributed by atoms with Gasteiger partial charge in [-0.1, -0.05) is 32.1 Å². The standard InChI is InChI=1S/C25H36O4/c1-6-17(2)23(27)29-16-25(5)21-10-7-18(3)20(9-8-19-12-14-28-15-19)24(21,4)13-11-22(25)26/h6,12,14-15,20-22,26H,3,7-11,13,16H2,1-2,4-5H3/t20-,21+,22-,24+,25-/m1/s1. The molecule has 4 nitrogen and oxygen atoms in total. The number of aliphatic hydroxyl groups excluding tert-OH is 1. The second-order valence-electron chi connectivity index (χ2n) is 9.59. The molecule has 0 saturated heterocycles. The zero-order chi connectivity index (χ0) is 21.2. The van der Waals surface area contributed by atoms with Gasteiger partial charge in [0.15, 0.2) is 0 Å². The molecule has 0 bridgehead atoms. The van der Waals surface area contributed by atoms with Crippen LogP contribution in [0.4, 0.5) is 0 Å². The normalized spacial score (nSPS) is 35.3. The van der Waals surface area contributed by atoms with Gasteiger partial charge < -0.3 is 14.3 Å². The van der Waals surface area contributed by atoms with E-state index in [1.54, 1.807) is 19.3 Å². The van der Waals surface area contributed by atoms with Gasteiger partial charge in [-0.2, -0.15) is 0 Å². The lowest BCUT2D eigenvalue weighted by Gasteiger charge is -2.60. The van der Waals surface area contributed by atoms with Gasteiger partial charge in [-0.15, -0.1) is 0 Å². The SMILES string of the molecule is C=C1CC[C@@H]2[C@@](C)(COC(=O)C(C)=CC)[C@H](O)CC[C@@]2(C)[C@@H]1CCc1ccoc1. The van der Waals surface area contributed by atoms with Crippen LogP contribution in [-0.4, -0.2) is 23.8 Å². The van der Waals surface area contributed by atoms with Crippen molar-refractivity contribution >= 4 is 5.97 Å². The molecule has 29 heavy (non-hydrogen) atoms. The monoisotopic (exact) mass is 400 g/mol. The summed E-state index contributed by atoms with van der Waals surface area (Å²) in [6.07, 6.45) is 10.5. The molecule has 0 radical (unpaired) electrons. The summed E-state index contributed by atoms with van der Waals surface area (Å²) in [4.78, 5) is 12.3. The molecule has 1 N–H and O–H groups in total. The predicted molar refractivity (Wildman–Crippen MR) is 114 cm³/mol. The third-order valence-corrected chi connectivity index (χ3v) is 7.92. The van der Waals surface area contributed by atoms with Crippen molar-refractivity contribution < 1.29 is 19.1 Å². The van der Waals surface area contributed by atoms with Crippen LogP contribution in [-0.2, 0) is 16.0 Å². The lowest BCUT2D eigenvalue weighted by molar-refractivity contribution is -0.172. The summed E-state index contributed by atoms with van der Waals surface area (Å²) in [6, 6.07) is 2.03. The summed E-state index contributed by atoms with van der Waals surface area (Å²) in [5, 5.41) is 11.0. The van der Waals surface area contributed by atoms with Gasteiger partial charge >= 0.3 is 5.97 Å². The number of carbonyl (C=O) groups is 1. The molecular weight excluding hydrogens is 364 g/mol. The minimum absolute atomic E-state index is 0.0507. The summed E-state index contributed by atoms with van der Waals surface area (Å²) < 4.78 is 10.9. The van der Waals surface area contributed by atoms with Gasteiger partial charge in [0.05, 0.1) is 25.2 Å². The average molecular weight is 401 g/mol. The lowest BCUT2D eigenvalue weighted by atomic mass is 9.46. The maximum absolute atomic E-state index is 12.3. The van der Waals surface area contributed by atoms with Crippen LogP contribution in [0.1, 0.15) is 65.4 Å². The summed E-state index contributed by atoms with van der Waals surface area (Å²) >= 11 is 0. The zero-order valence-corrected chi connectivity index (χ0v) is 18.4. The van der Waals surface area contributed by atoms with Gasteiger partial charge in [-0.25, -0.2) is 4.79 Å². The fraction of sp³-hybridized carbons (Fsp3) is 0.640. The summed E-state index contributed by atoms with van der Waals surface area (Å²) in [5.74, 6) is 0.401. The topological polar surface area (TPSA) is 59.7 Å². The fourth-order valence-corrected chi connectivity index (χ4v) is 5.91. The molecule has 3 rings (SSSR count). The largest absolute Gasteiger partial charge is 0.472 e. The van der Waals surface area contributed by atoms with Crippen LogP contribution < -0.4 is 0 Å². The number of carbonyl (C=O) groups excluding carboxylic acids is 1. The number of ether oxygens (including phenoxy) is 1. The number of hydrogen-bond donors (Lipinski definition) is 1. The second kappa shape index (κ2) is 8.51. The molecule has 4 heteroatoms. The highest BCUT2D eigenvalue weighted by Crippen LogP contribution is 2.61. The molecule has 2 aliphatic carbocycles. The van der Waals surface area contributed by atoms with Gasteiger partial charge in [0.2, 0.25) is 0 Å². The summed E-state index contributed by atoms with van der Waals surface area (Å²) in [7, 11) is 0. The predicted octanol–water partition coefficient (Wildman–Crippen LogP) is 5.47. The van der Waals surface area contributed by atoms with E-state index in [0.717, 1.165) is 38.5 Å². The van der Waals surface area contributed by atoms with Crippen LogP contribution in [0.25, 0.3) is 0 Å². The highest BCUT2D eigenvalue weighted by molar-refractivity contribution is 5.87. The average Bonchev–Trinajstić information content (AvgIpc) is 3.22. The van der Waals surface area contributed by atoms with Crippen LogP contribution in [0.15, 0.2) is 46.8 Å². The van der Waals surface area contributed by atoms with E-state index in [-0.39, 0.29) is 23.9 Å². The molecule has 1 aromatic heterocycles. The van der Waals surface area contributed by atoms with Crippen molar-refractivity contribution in [2.75, 3.05) is 6.61 Å². The maximum atomic E-state index is 12.3. The minimum atomic E-state index is -0.458. The van der Waals surface area contributed by atoms with E-state index < -0.39 is 11.5 Å². The number of aliphatic hydroxyl groups is 1. The molecule has 0 spiro atoms.